The molecule has 0 radical (unpaired) electrons. The van der Waals surface area contributed by atoms with Gasteiger partial charge in [-0.1, -0.05) is 36.4 Å². The lowest BCUT2D eigenvalue weighted by atomic mass is 9.61. The largest absolute Gasteiger partial charge is 0.466 e. The molecule has 1 aromatic carbocycles. The average Bonchev–Trinajstić information content (AvgIpc) is 2.93. The van der Waals surface area contributed by atoms with Crippen molar-refractivity contribution in [2.24, 2.45) is 5.92 Å². The van der Waals surface area contributed by atoms with Gasteiger partial charge < -0.3 is 4.74 Å². The Hall–Kier alpha value is -1.61. The van der Waals surface area contributed by atoms with Gasteiger partial charge in [0.05, 0.1) is 12.5 Å². The van der Waals surface area contributed by atoms with E-state index < -0.39 is 0 Å². The number of ether oxygens (including phenoxy) is 1. The average molecular weight is 286 g/mol. The molecule has 0 bridgehead atoms. The van der Waals surface area contributed by atoms with Gasteiger partial charge in [-0.05, 0) is 30.4 Å². The minimum Gasteiger partial charge on any atom is -0.466 e. The van der Waals surface area contributed by atoms with Gasteiger partial charge in [0.15, 0.2) is 0 Å². The maximum absolute atomic E-state index is 12.1. The second-order valence-electron chi connectivity index (χ2n) is 5.15. The minimum absolute atomic E-state index is 0.00412. The summed E-state index contributed by atoms with van der Waals surface area (Å²) >= 11 is 1.78. The van der Waals surface area contributed by atoms with Crippen molar-refractivity contribution in [3.63, 3.8) is 0 Å². The predicted octanol–water partition coefficient (Wildman–Crippen LogP) is 4.20. The fourth-order valence-corrected chi connectivity index (χ4v) is 3.97. The zero-order valence-corrected chi connectivity index (χ0v) is 12.3. The van der Waals surface area contributed by atoms with E-state index in [1.807, 2.05) is 25.1 Å². The van der Waals surface area contributed by atoms with Crippen LogP contribution in [0.2, 0.25) is 0 Å². The highest BCUT2D eigenvalue weighted by atomic mass is 32.1. The van der Waals surface area contributed by atoms with Crippen LogP contribution in [0.4, 0.5) is 0 Å². The van der Waals surface area contributed by atoms with E-state index in [-0.39, 0.29) is 17.8 Å². The van der Waals surface area contributed by atoms with Gasteiger partial charge in [-0.3, -0.25) is 4.79 Å². The van der Waals surface area contributed by atoms with Crippen molar-refractivity contribution in [3.05, 3.63) is 58.3 Å². The number of carbonyl (C=O) groups excluding carboxylic acids is 1. The molecule has 2 nitrogen and oxygen atoms in total. The topological polar surface area (TPSA) is 26.3 Å². The van der Waals surface area contributed by atoms with Crippen LogP contribution < -0.4 is 0 Å². The molecule has 2 aromatic rings. The maximum Gasteiger partial charge on any atom is 0.309 e. The fraction of sp³-hybridized carbons (Fsp3) is 0.353. The summed E-state index contributed by atoms with van der Waals surface area (Å²) in [4.78, 5) is 13.5. The van der Waals surface area contributed by atoms with E-state index in [2.05, 4.69) is 29.6 Å². The lowest BCUT2D eigenvalue weighted by Gasteiger charge is -2.43. The number of hydrogen-bond donors (Lipinski definition) is 0. The molecule has 3 atom stereocenters. The van der Waals surface area contributed by atoms with Crippen molar-refractivity contribution in [3.8, 4) is 0 Å². The summed E-state index contributed by atoms with van der Waals surface area (Å²) in [6.07, 6.45) is 0.902. The molecule has 1 aromatic heterocycles. The highest BCUT2D eigenvalue weighted by Gasteiger charge is 2.47. The summed E-state index contributed by atoms with van der Waals surface area (Å²) in [6.45, 7) is 2.32. The molecule has 1 saturated carbocycles. The summed E-state index contributed by atoms with van der Waals surface area (Å²) in [7, 11) is 0. The molecule has 0 N–H and O–H groups in total. The third-order valence-electron chi connectivity index (χ3n) is 4.06. The van der Waals surface area contributed by atoms with Crippen molar-refractivity contribution >= 4 is 17.3 Å². The second-order valence-corrected chi connectivity index (χ2v) is 6.13. The van der Waals surface area contributed by atoms with Crippen LogP contribution in [-0.2, 0) is 9.53 Å². The Bertz CT molecular complexity index is 562. The molecule has 0 amide bonds. The lowest BCUT2D eigenvalue weighted by molar-refractivity contribution is -0.152. The third-order valence-corrected chi connectivity index (χ3v) is 5.06. The molecule has 0 aliphatic heterocycles. The zero-order valence-electron chi connectivity index (χ0n) is 11.5. The number of hydrogen-bond acceptors (Lipinski definition) is 3. The van der Waals surface area contributed by atoms with E-state index in [0.29, 0.717) is 12.5 Å². The van der Waals surface area contributed by atoms with Gasteiger partial charge in [0.2, 0.25) is 0 Å². The highest BCUT2D eigenvalue weighted by molar-refractivity contribution is 7.10. The molecule has 1 heterocycles. The summed E-state index contributed by atoms with van der Waals surface area (Å²) in [5.74, 6) is 0.666. The maximum atomic E-state index is 12.1. The van der Waals surface area contributed by atoms with Crippen LogP contribution in [0.3, 0.4) is 0 Å². The van der Waals surface area contributed by atoms with E-state index in [9.17, 15) is 4.79 Å². The molecule has 1 aliphatic rings. The molecule has 0 saturated heterocycles. The van der Waals surface area contributed by atoms with Crippen LogP contribution >= 0.6 is 11.3 Å². The van der Waals surface area contributed by atoms with E-state index in [1.165, 1.54) is 10.4 Å². The van der Waals surface area contributed by atoms with Crippen LogP contribution in [0.5, 0.6) is 0 Å². The van der Waals surface area contributed by atoms with Crippen LogP contribution in [0.15, 0.2) is 47.8 Å². The molecular formula is C17H18O2S. The number of thiophene rings is 1. The van der Waals surface area contributed by atoms with Gasteiger partial charge in [0, 0.05) is 16.7 Å². The Kier molecular flexibility index (Phi) is 3.88. The van der Waals surface area contributed by atoms with Crippen LogP contribution in [0, 0.1) is 5.92 Å². The van der Waals surface area contributed by atoms with Gasteiger partial charge in [0.25, 0.3) is 0 Å². The first-order valence-corrected chi connectivity index (χ1v) is 7.94. The molecule has 20 heavy (non-hydrogen) atoms. The molecule has 1 aliphatic carbocycles. The monoisotopic (exact) mass is 286 g/mol. The van der Waals surface area contributed by atoms with Gasteiger partial charge >= 0.3 is 5.97 Å². The van der Waals surface area contributed by atoms with Gasteiger partial charge in [-0.25, -0.2) is 0 Å². The Morgan fingerprint density at radius 3 is 2.70 bits per heavy atom. The molecule has 1 fully saturated rings. The van der Waals surface area contributed by atoms with E-state index in [1.54, 1.807) is 11.3 Å². The summed E-state index contributed by atoms with van der Waals surface area (Å²) in [5, 5.41) is 2.11. The van der Waals surface area contributed by atoms with Crippen molar-refractivity contribution in [1.29, 1.82) is 0 Å². The van der Waals surface area contributed by atoms with Crippen molar-refractivity contribution < 1.29 is 9.53 Å². The molecule has 3 heteroatoms. The standard InChI is InChI=1S/C17H18O2S/c1-2-19-17(18)14-11-13(15-9-6-10-20-15)16(14)12-7-4-3-5-8-12/h3-10,13-14,16H,2,11H2,1H3/t13?,14-,16-/m1/s1. The fourth-order valence-electron chi connectivity index (χ4n) is 3.08. The minimum atomic E-state index is -0.0471. The van der Waals surface area contributed by atoms with E-state index in [0.717, 1.165) is 6.42 Å². The smallest absolute Gasteiger partial charge is 0.309 e. The number of esters is 1. The Morgan fingerprint density at radius 1 is 1.25 bits per heavy atom. The molecule has 1 unspecified atom stereocenters. The van der Waals surface area contributed by atoms with Crippen LogP contribution in [0.25, 0.3) is 0 Å². The summed E-state index contributed by atoms with van der Waals surface area (Å²) in [6, 6.07) is 14.6. The summed E-state index contributed by atoms with van der Waals surface area (Å²) in [5.41, 5.74) is 1.25. The normalized spacial score (nSPS) is 24.9. The number of carbonyl (C=O) groups is 1. The quantitative estimate of drug-likeness (QED) is 0.787. The SMILES string of the molecule is CCOC(=O)[C@@H]1CC(c2cccs2)[C@H]1c1ccccc1. The van der Waals surface area contributed by atoms with Crippen molar-refractivity contribution in [2.45, 2.75) is 25.2 Å². The van der Waals surface area contributed by atoms with Gasteiger partial charge in [0.1, 0.15) is 0 Å². The third kappa shape index (κ3) is 2.38. The van der Waals surface area contributed by atoms with Crippen molar-refractivity contribution in [2.75, 3.05) is 6.61 Å². The van der Waals surface area contributed by atoms with Gasteiger partial charge in [-0.2, -0.15) is 0 Å². The predicted molar refractivity (Wildman–Crippen MR) is 81.0 cm³/mol. The van der Waals surface area contributed by atoms with Crippen molar-refractivity contribution in [1.82, 2.24) is 0 Å². The van der Waals surface area contributed by atoms with E-state index in [4.69, 9.17) is 4.74 Å². The zero-order chi connectivity index (χ0) is 13.9. The van der Waals surface area contributed by atoms with Gasteiger partial charge in [-0.15, -0.1) is 11.3 Å². The Labute approximate surface area is 123 Å². The van der Waals surface area contributed by atoms with Crippen LogP contribution in [-0.4, -0.2) is 12.6 Å². The first-order chi connectivity index (χ1) is 9.81. The molecule has 104 valence electrons. The second kappa shape index (κ2) is 5.80. The molecular weight excluding hydrogens is 268 g/mol. The Balaban J connectivity index is 1.87. The lowest BCUT2D eigenvalue weighted by Crippen LogP contribution is -2.39. The number of rotatable bonds is 4. The molecule has 0 spiro atoms. The van der Waals surface area contributed by atoms with E-state index >= 15 is 0 Å². The Morgan fingerprint density at radius 2 is 2.05 bits per heavy atom. The highest BCUT2D eigenvalue weighted by Crippen LogP contribution is 2.54. The number of benzene rings is 1. The first kappa shape index (κ1) is 13.4. The van der Waals surface area contributed by atoms with Crippen LogP contribution in [0.1, 0.15) is 35.6 Å². The first-order valence-electron chi connectivity index (χ1n) is 7.06. The summed E-state index contributed by atoms with van der Waals surface area (Å²) < 4.78 is 5.23. The molecule has 3 rings (SSSR count).